The number of likely N-dealkylation sites (tertiary alicyclic amines) is 1. The maximum atomic E-state index is 12.0. The van der Waals surface area contributed by atoms with Crippen LogP contribution < -0.4 is 0 Å². The Bertz CT molecular complexity index is 430. The lowest BCUT2D eigenvalue weighted by Gasteiger charge is -2.16. The molecule has 1 atom stereocenters. The predicted octanol–water partition coefficient (Wildman–Crippen LogP) is 0.986. The third-order valence-corrected chi connectivity index (χ3v) is 3.55. The van der Waals surface area contributed by atoms with Crippen LogP contribution in [0.4, 0.5) is 0 Å². The van der Waals surface area contributed by atoms with Crippen LogP contribution in [0.2, 0.25) is 0 Å². The van der Waals surface area contributed by atoms with Gasteiger partial charge in [-0.1, -0.05) is 0 Å². The molecule has 6 nitrogen and oxygen atoms in total. The third kappa shape index (κ3) is 4.08. The highest BCUT2D eigenvalue weighted by atomic mass is 16.4. The van der Waals surface area contributed by atoms with Crippen molar-refractivity contribution in [3.8, 4) is 0 Å². The van der Waals surface area contributed by atoms with E-state index in [2.05, 4.69) is 4.98 Å². The van der Waals surface area contributed by atoms with Gasteiger partial charge in [-0.05, 0) is 18.8 Å². The van der Waals surface area contributed by atoms with E-state index in [0.717, 1.165) is 13.0 Å². The van der Waals surface area contributed by atoms with Crippen molar-refractivity contribution >= 4 is 11.9 Å². The predicted molar refractivity (Wildman–Crippen MR) is 68.4 cm³/mol. The topological polar surface area (TPSA) is 75.4 Å². The number of hydrogen-bond donors (Lipinski definition) is 1. The molecule has 0 bridgehead atoms. The van der Waals surface area contributed by atoms with Gasteiger partial charge in [0.2, 0.25) is 5.91 Å². The molecule has 1 unspecified atom stereocenters. The summed E-state index contributed by atoms with van der Waals surface area (Å²) in [7, 11) is 0. The molecule has 1 N–H and O–H groups in total. The highest BCUT2D eigenvalue weighted by Crippen LogP contribution is 2.21. The standard InChI is InChI=1S/C13H19N3O3/c17-12(4-6-15-8-5-14-10-15)16-7-3-11(9-16)1-2-13(18)19/h5,8,10-11H,1-4,6-7,9H2,(H,18,19). The molecule has 6 heteroatoms. The Balaban J connectivity index is 1.71. The van der Waals surface area contributed by atoms with Crippen LogP contribution in [0.25, 0.3) is 0 Å². The van der Waals surface area contributed by atoms with E-state index in [1.807, 2.05) is 15.7 Å². The Morgan fingerprint density at radius 1 is 1.37 bits per heavy atom. The Labute approximate surface area is 112 Å². The first-order valence-corrected chi connectivity index (χ1v) is 6.60. The molecule has 1 aliphatic heterocycles. The van der Waals surface area contributed by atoms with Crippen molar-refractivity contribution in [2.45, 2.75) is 32.2 Å². The van der Waals surface area contributed by atoms with Gasteiger partial charge in [0, 0.05) is 44.9 Å². The summed E-state index contributed by atoms with van der Waals surface area (Å²) in [6, 6.07) is 0. The number of carbonyl (C=O) groups excluding carboxylic acids is 1. The molecule has 0 aliphatic carbocycles. The minimum Gasteiger partial charge on any atom is -0.481 e. The number of aryl methyl sites for hydroxylation is 1. The van der Waals surface area contributed by atoms with Crippen molar-refractivity contribution in [2.24, 2.45) is 5.92 Å². The molecule has 104 valence electrons. The van der Waals surface area contributed by atoms with Crippen LogP contribution in [-0.2, 0) is 16.1 Å². The van der Waals surface area contributed by atoms with Crippen LogP contribution in [0, 0.1) is 5.92 Å². The van der Waals surface area contributed by atoms with E-state index in [0.29, 0.717) is 31.8 Å². The van der Waals surface area contributed by atoms with Gasteiger partial charge in [-0.2, -0.15) is 0 Å². The monoisotopic (exact) mass is 265 g/mol. The Kier molecular flexibility index (Phi) is 4.54. The molecule has 1 aromatic rings. The van der Waals surface area contributed by atoms with E-state index in [9.17, 15) is 9.59 Å². The summed E-state index contributed by atoms with van der Waals surface area (Å²) in [6.45, 7) is 2.11. The lowest BCUT2D eigenvalue weighted by Crippen LogP contribution is -2.29. The van der Waals surface area contributed by atoms with Crippen LogP contribution in [0.1, 0.15) is 25.7 Å². The number of carboxylic acids is 1. The minimum atomic E-state index is -0.759. The molecule has 1 saturated heterocycles. The molecule has 0 saturated carbocycles. The number of amides is 1. The van der Waals surface area contributed by atoms with Crippen LogP contribution in [0.15, 0.2) is 18.7 Å². The summed E-state index contributed by atoms with van der Waals surface area (Å²) in [6.07, 6.45) is 7.50. The number of carbonyl (C=O) groups is 2. The van der Waals surface area contributed by atoms with Crippen molar-refractivity contribution in [1.82, 2.24) is 14.5 Å². The van der Waals surface area contributed by atoms with Gasteiger partial charge in [0.25, 0.3) is 0 Å². The lowest BCUT2D eigenvalue weighted by atomic mass is 10.0. The largest absolute Gasteiger partial charge is 0.481 e. The van der Waals surface area contributed by atoms with Gasteiger partial charge in [0.15, 0.2) is 0 Å². The molecule has 1 aliphatic rings. The molecule has 0 aromatic carbocycles. The summed E-state index contributed by atoms with van der Waals surface area (Å²) >= 11 is 0. The third-order valence-electron chi connectivity index (χ3n) is 3.55. The average molecular weight is 265 g/mol. The normalized spacial score (nSPS) is 18.7. The Morgan fingerprint density at radius 3 is 2.89 bits per heavy atom. The fourth-order valence-corrected chi connectivity index (χ4v) is 2.42. The van der Waals surface area contributed by atoms with Crippen molar-refractivity contribution in [3.05, 3.63) is 18.7 Å². The van der Waals surface area contributed by atoms with Crippen LogP contribution in [-0.4, -0.2) is 44.5 Å². The lowest BCUT2D eigenvalue weighted by molar-refractivity contribution is -0.137. The first-order chi connectivity index (χ1) is 9.15. The number of hydrogen-bond acceptors (Lipinski definition) is 3. The molecule has 0 radical (unpaired) electrons. The first kappa shape index (κ1) is 13.6. The van der Waals surface area contributed by atoms with Crippen LogP contribution in [0.3, 0.4) is 0 Å². The molecular formula is C13H19N3O3. The van der Waals surface area contributed by atoms with Crippen molar-refractivity contribution in [2.75, 3.05) is 13.1 Å². The molecule has 1 amide bonds. The van der Waals surface area contributed by atoms with E-state index in [-0.39, 0.29) is 12.3 Å². The van der Waals surface area contributed by atoms with Gasteiger partial charge in [0.1, 0.15) is 0 Å². The fourth-order valence-electron chi connectivity index (χ4n) is 2.42. The van der Waals surface area contributed by atoms with Gasteiger partial charge in [0.05, 0.1) is 6.33 Å². The molecular weight excluding hydrogens is 246 g/mol. The number of carboxylic acid groups (broad SMARTS) is 1. The molecule has 2 heterocycles. The van der Waals surface area contributed by atoms with Gasteiger partial charge < -0.3 is 14.6 Å². The minimum absolute atomic E-state index is 0.145. The number of rotatable bonds is 6. The average Bonchev–Trinajstić information content (AvgIpc) is 3.04. The number of nitrogens with zero attached hydrogens (tertiary/aromatic N) is 3. The summed E-state index contributed by atoms with van der Waals surface area (Å²) in [5.74, 6) is -0.273. The molecule has 1 aromatic heterocycles. The zero-order chi connectivity index (χ0) is 13.7. The van der Waals surface area contributed by atoms with Crippen molar-refractivity contribution in [1.29, 1.82) is 0 Å². The Morgan fingerprint density at radius 2 is 2.21 bits per heavy atom. The maximum absolute atomic E-state index is 12.0. The van der Waals surface area contributed by atoms with Crippen LogP contribution >= 0.6 is 0 Å². The van der Waals surface area contributed by atoms with E-state index in [4.69, 9.17) is 5.11 Å². The highest BCUT2D eigenvalue weighted by molar-refractivity contribution is 5.76. The van der Waals surface area contributed by atoms with Gasteiger partial charge in [-0.15, -0.1) is 0 Å². The van der Waals surface area contributed by atoms with Crippen molar-refractivity contribution < 1.29 is 14.7 Å². The second-order valence-electron chi connectivity index (χ2n) is 4.98. The fraction of sp³-hybridized carbons (Fsp3) is 0.615. The smallest absolute Gasteiger partial charge is 0.303 e. The molecule has 1 fully saturated rings. The van der Waals surface area contributed by atoms with Gasteiger partial charge in [-0.25, -0.2) is 4.98 Å². The highest BCUT2D eigenvalue weighted by Gasteiger charge is 2.26. The summed E-state index contributed by atoms with van der Waals surface area (Å²) in [4.78, 5) is 28.3. The van der Waals surface area contributed by atoms with E-state index >= 15 is 0 Å². The molecule has 0 spiro atoms. The van der Waals surface area contributed by atoms with Gasteiger partial charge in [-0.3, -0.25) is 9.59 Å². The van der Waals surface area contributed by atoms with Crippen molar-refractivity contribution in [3.63, 3.8) is 0 Å². The summed E-state index contributed by atoms with van der Waals surface area (Å²) < 4.78 is 1.88. The Hall–Kier alpha value is -1.85. The molecule has 19 heavy (non-hydrogen) atoms. The SMILES string of the molecule is O=C(O)CCC1CCN(C(=O)CCn2ccnc2)C1. The van der Waals surface area contributed by atoms with Crippen LogP contribution in [0.5, 0.6) is 0 Å². The van der Waals surface area contributed by atoms with Gasteiger partial charge >= 0.3 is 5.97 Å². The maximum Gasteiger partial charge on any atom is 0.303 e. The molecule has 2 rings (SSSR count). The van der Waals surface area contributed by atoms with E-state index in [1.54, 1.807) is 12.5 Å². The second-order valence-corrected chi connectivity index (χ2v) is 4.98. The quantitative estimate of drug-likeness (QED) is 0.832. The number of imidazole rings is 1. The summed E-state index contributed by atoms with van der Waals surface area (Å²) in [5.41, 5.74) is 0. The first-order valence-electron chi connectivity index (χ1n) is 6.60. The van der Waals surface area contributed by atoms with E-state index in [1.165, 1.54) is 0 Å². The zero-order valence-corrected chi connectivity index (χ0v) is 10.9. The van der Waals surface area contributed by atoms with E-state index < -0.39 is 5.97 Å². The second kappa shape index (κ2) is 6.36. The zero-order valence-electron chi connectivity index (χ0n) is 10.9. The summed E-state index contributed by atoms with van der Waals surface area (Å²) in [5, 5.41) is 8.65. The number of aromatic nitrogens is 2. The number of aliphatic carboxylic acids is 1.